The van der Waals surface area contributed by atoms with Crippen LogP contribution in [0, 0.1) is 0 Å². The molecule has 1 atom stereocenters. The molecule has 1 unspecified atom stereocenters. The van der Waals surface area contributed by atoms with Crippen LogP contribution in [0.15, 0.2) is 0 Å². The lowest BCUT2D eigenvalue weighted by Crippen LogP contribution is -2.50. The third-order valence-electron chi connectivity index (χ3n) is 2.32. The molecule has 0 aromatic rings. The standard InChI is InChI=1S/C11H24NO2/c1-6-8-9-10(12(3,4)5)11(13)14-7-2/h10H,6-9H2,1-5H3/q+1. The smallest absolute Gasteiger partial charge is 0.364 e. The van der Waals surface area contributed by atoms with Crippen molar-refractivity contribution in [3.05, 3.63) is 0 Å². The van der Waals surface area contributed by atoms with Gasteiger partial charge in [0.05, 0.1) is 27.7 Å². The van der Waals surface area contributed by atoms with E-state index in [1.54, 1.807) is 0 Å². The first-order chi connectivity index (χ1) is 6.43. The van der Waals surface area contributed by atoms with E-state index in [0.29, 0.717) is 11.1 Å². The lowest BCUT2D eigenvalue weighted by molar-refractivity contribution is -0.887. The van der Waals surface area contributed by atoms with Gasteiger partial charge in [0, 0.05) is 6.42 Å². The summed E-state index contributed by atoms with van der Waals surface area (Å²) in [4.78, 5) is 11.7. The molecule has 3 nitrogen and oxygen atoms in total. The first-order valence-corrected chi connectivity index (χ1v) is 5.41. The predicted octanol–water partition coefficient (Wildman–Crippen LogP) is 1.81. The molecule has 84 valence electrons. The molecule has 0 rings (SSSR count). The topological polar surface area (TPSA) is 26.3 Å². The van der Waals surface area contributed by atoms with Crippen molar-refractivity contribution in [3.63, 3.8) is 0 Å². The van der Waals surface area contributed by atoms with Gasteiger partial charge >= 0.3 is 5.97 Å². The number of carbonyl (C=O) groups excluding carboxylic acids is 1. The molecule has 0 aromatic heterocycles. The summed E-state index contributed by atoms with van der Waals surface area (Å²) in [5.41, 5.74) is 0. The minimum atomic E-state index is -0.0616. The molecule has 0 aliphatic carbocycles. The maximum absolute atomic E-state index is 11.7. The Morgan fingerprint density at radius 1 is 1.29 bits per heavy atom. The maximum Gasteiger partial charge on any atom is 0.364 e. The van der Waals surface area contributed by atoms with Gasteiger partial charge in [-0.25, -0.2) is 4.79 Å². The van der Waals surface area contributed by atoms with E-state index in [9.17, 15) is 4.79 Å². The number of carbonyl (C=O) groups is 1. The molecule has 0 aromatic carbocycles. The number of ether oxygens (including phenoxy) is 1. The minimum absolute atomic E-state index is 0.0186. The summed E-state index contributed by atoms with van der Waals surface area (Å²) in [6.45, 7) is 4.46. The molecule has 0 N–H and O–H groups in total. The van der Waals surface area contributed by atoms with Crippen LogP contribution >= 0.6 is 0 Å². The number of esters is 1. The van der Waals surface area contributed by atoms with Crippen LogP contribution in [0.5, 0.6) is 0 Å². The van der Waals surface area contributed by atoms with E-state index >= 15 is 0 Å². The second-order valence-corrected chi connectivity index (χ2v) is 4.53. The Labute approximate surface area is 87.6 Å². The van der Waals surface area contributed by atoms with Crippen LogP contribution in [0.1, 0.15) is 33.1 Å². The van der Waals surface area contributed by atoms with Crippen molar-refractivity contribution in [2.24, 2.45) is 0 Å². The number of likely N-dealkylation sites (N-methyl/N-ethyl adjacent to an activating group) is 1. The van der Waals surface area contributed by atoms with Gasteiger partial charge in [-0.05, 0) is 13.3 Å². The van der Waals surface area contributed by atoms with E-state index in [-0.39, 0.29) is 12.0 Å². The van der Waals surface area contributed by atoms with Gasteiger partial charge in [0.2, 0.25) is 0 Å². The van der Waals surface area contributed by atoms with Gasteiger partial charge in [-0.15, -0.1) is 0 Å². The minimum Gasteiger partial charge on any atom is -0.462 e. The molecule has 0 bridgehead atoms. The largest absolute Gasteiger partial charge is 0.462 e. The van der Waals surface area contributed by atoms with E-state index in [1.165, 1.54) is 0 Å². The Morgan fingerprint density at radius 3 is 2.21 bits per heavy atom. The number of quaternary nitrogens is 1. The van der Waals surface area contributed by atoms with Crippen molar-refractivity contribution in [1.29, 1.82) is 0 Å². The molecular formula is C11H24NO2+. The number of nitrogens with zero attached hydrogens (tertiary/aromatic N) is 1. The molecule has 0 fully saturated rings. The van der Waals surface area contributed by atoms with Crippen LogP contribution in [-0.2, 0) is 9.53 Å². The Morgan fingerprint density at radius 2 is 1.86 bits per heavy atom. The average molecular weight is 202 g/mol. The van der Waals surface area contributed by atoms with Crippen molar-refractivity contribution in [2.75, 3.05) is 27.7 Å². The van der Waals surface area contributed by atoms with Crippen molar-refractivity contribution >= 4 is 5.97 Å². The van der Waals surface area contributed by atoms with E-state index in [1.807, 2.05) is 28.1 Å². The summed E-state index contributed by atoms with van der Waals surface area (Å²) in [5, 5.41) is 0. The van der Waals surface area contributed by atoms with E-state index in [2.05, 4.69) is 6.92 Å². The zero-order valence-corrected chi connectivity index (χ0v) is 10.2. The van der Waals surface area contributed by atoms with Crippen LogP contribution in [0.25, 0.3) is 0 Å². The average Bonchev–Trinajstić information content (AvgIpc) is 2.03. The summed E-state index contributed by atoms with van der Waals surface area (Å²) >= 11 is 0. The fraction of sp³-hybridized carbons (Fsp3) is 0.909. The summed E-state index contributed by atoms with van der Waals surface area (Å²) in [5.74, 6) is -0.0616. The van der Waals surface area contributed by atoms with Crippen LogP contribution < -0.4 is 0 Å². The highest BCUT2D eigenvalue weighted by molar-refractivity contribution is 5.74. The van der Waals surface area contributed by atoms with Gasteiger partial charge in [-0.2, -0.15) is 0 Å². The summed E-state index contributed by atoms with van der Waals surface area (Å²) in [7, 11) is 6.12. The van der Waals surface area contributed by atoms with Crippen molar-refractivity contribution in [2.45, 2.75) is 39.2 Å². The van der Waals surface area contributed by atoms with Crippen molar-refractivity contribution in [1.82, 2.24) is 0 Å². The zero-order chi connectivity index (χ0) is 11.2. The Hall–Kier alpha value is -0.570. The lowest BCUT2D eigenvalue weighted by Gasteiger charge is -2.32. The molecule has 0 radical (unpaired) electrons. The number of hydrogen-bond acceptors (Lipinski definition) is 2. The summed E-state index contributed by atoms with van der Waals surface area (Å²) in [6.07, 6.45) is 3.12. The molecular weight excluding hydrogens is 178 g/mol. The van der Waals surface area contributed by atoms with Crippen molar-refractivity contribution in [3.8, 4) is 0 Å². The van der Waals surface area contributed by atoms with Crippen molar-refractivity contribution < 1.29 is 14.0 Å². The quantitative estimate of drug-likeness (QED) is 0.485. The predicted molar refractivity (Wildman–Crippen MR) is 58.0 cm³/mol. The van der Waals surface area contributed by atoms with Gasteiger partial charge in [0.15, 0.2) is 6.04 Å². The zero-order valence-electron chi connectivity index (χ0n) is 10.2. The Balaban J connectivity index is 4.31. The van der Waals surface area contributed by atoms with Crippen LogP contribution in [0.4, 0.5) is 0 Å². The Bertz CT molecular complexity index is 173. The van der Waals surface area contributed by atoms with Gasteiger partial charge in [0.1, 0.15) is 0 Å². The maximum atomic E-state index is 11.7. The van der Waals surface area contributed by atoms with E-state index in [4.69, 9.17) is 4.74 Å². The molecule has 0 saturated heterocycles. The van der Waals surface area contributed by atoms with Crippen LogP contribution in [0.2, 0.25) is 0 Å². The van der Waals surface area contributed by atoms with E-state index < -0.39 is 0 Å². The first kappa shape index (κ1) is 13.4. The van der Waals surface area contributed by atoms with E-state index in [0.717, 1.165) is 19.3 Å². The summed E-state index contributed by atoms with van der Waals surface area (Å²) < 4.78 is 5.72. The van der Waals surface area contributed by atoms with Gasteiger partial charge in [-0.3, -0.25) is 0 Å². The number of unbranched alkanes of at least 4 members (excludes halogenated alkanes) is 1. The highest BCUT2D eigenvalue weighted by Crippen LogP contribution is 2.13. The lowest BCUT2D eigenvalue weighted by atomic mass is 10.1. The highest BCUT2D eigenvalue weighted by atomic mass is 16.5. The molecule has 14 heavy (non-hydrogen) atoms. The molecule has 3 heteroatoms. The third kappa shape index (κ3) is 4.61. The fourth-order valence-corrected chi connectivity index (χ4v) is 1.46. The summed E-state index contributed by atoms with van der Waals surface area (Å²) in [6, 6.07) is -0.0186. The molecule has 0 aliphatic heterocycles. The normalized spacial score (nSPS) is 13.8. The SMILES string of the molecule is CCCCC(C(=O)OCC)[N+](C)(C)C. The fourth-order valence-electron chi connectivity index (χ4n) is 1.46. The third-order valence-corrected chi connectivity index (χ3v) is 2.32. The molecule has 0 aliphatic rings. The van der Waals surface area contributed by atoms with Crippen LogP contribution in [-0.4, -0.2) is 44.2 Å². The molecule has 0 amide bonds. The second kappa shape index (κ2) is 6.02. The molecule has 0 spiro atoms. The number of rotatable bonds is 6. The van der Waals surface area contributed by atoms with Gasteiger partial charge < -0.3 is 9.22 Å². The number of hydrogen-bond donors (Lipinski definition) is 0. The first-order valence-electron chi connectivity index (χ1n) is 5.41. The van der Waals surface area contributed by atoms with Gasteiger partial charge in [0.25, 0.3) is 0 Å². The highest BCUT2D eigenvalue weighted by Gasteiger charge is 2.31. The second-order valence-electron chi connectivity index (χ2n) is 4.53. The van der Waals surface area contributed by atoms with Gasteiger partial charge in [-0.1, -0.05) is 13.3 Å². The molecule has 0 heterocycles. The Kier molecular flexibility index (Phi) is 5.77. The molecule has 0 saturated carbocycles. The van der Waals surface area contributed by atoms with Crippen LogP contribution in [0.3, 0.4) is 0 Å². The monoisotopic (exact) mass is 202 g/mol.